The van der Waals surface area contributed by atoms with Gasteiger partial charge in [-0.15, -0.1) is 11.3 Å². The third-order valence-corrected chi connectivity index (χ3v) is 20.7. The minimum Gasteiger partial charge on any atom is -0.135 e. The Bertz CT molecular complexity index is 2290. The van der Waals surface area contributed by atoms with E-state index < -0.39 is 0 Å². The molecular formula is C54H58B2S. The standard InChI is InChI=1S/C54H58B2S/c1-51(2)35-17-9-13-29-23-30-14-10-18-36-46(30)55(45(29)35)49-39(51)25-33(26-40(49)52(36,3)4)43-21-22-44(57-43)34-27-41-50-42(28-34)54(7,8)38-20-12-16-32-24-31-15-11-19-37(53(41,5)6)47(31)56(50)48(32)38/h9-22,25-29,31,36,38-39,41,45-50H,23-24H2,1-8H3. The van der Waals surface area contributed by atoms with Crippen molar-refractivity contribution in [2.75, 3.05) is 0 Å². The number of hydrogen-bond acceptors (Lipinski definition) is 1. The van der Waals surface area contributed by atoms with Crippen LogP contribution in [0.15, 0.2) is 143 Å². The van der Waals surface area contributed by atoms with Crippen molar-refractivity contribution in [3.8, 4) is 0 Å². The van der Waals surface area contributed by atoms with Gasteiger partial charge in [-0.3, -0.25) is 0 Å². The molecule has 1 aromatic heterocycles. The third kappa shape index (κ3) is 4.11. The molecule has 13 rings (SSSR count). The number of rotatable bonds is 2. The Morgan fingerprint density at radius 3 is 1.30 bits per heavy atom. The van der Waals surface area contributed by atoms with Crippen molar-refractivity contribution in [3.63, 3.8) is 0 Å². The van der Waals surface area contributed by atoms with Crippen LogP contribution in [-0.2, 0) is 0 Å². The minimum absolute atomic E-state index is 0.123. The minimum atomic E-state index is 0.123. The van der Waals surface area contributed by atoms with Crippen molar-refractivity contribution in [3.05, 3.63) is 153 Å². The summed E-state index contributed by atoms with van der Waals surface area (Å²) in [5, 5.41) is 0. The lowest BCUT2D eigenvalue weighted by Crippen LogP contribution is -2.60. The van der Waals surface area contributed by atoms with E-state index in [-0.39, 0.29) is 21.7 Å². The summed E-state index contributed by atoms with van der Waals surface area (Å²) in [6.07, 6.45) is 43.7. The highest BCUT2D eigenvalue weighted by Crippen LogP contribution is 2.76. The van der Waals surface area contributed by atoms with Crippen molar-refractivity contribution in [2.24, 2.45) is 57.2 Å². The van der Waals surface area contributed by atoms with E-state index in [0.29, 0.717) is 83.8 Å². The van der Waals surface area contributed by atoms with Gasteiger partial charge in [0.25, 0.3) is 0 Å². The fraction of sp³-hybridized carbons (Fsp3) is 0.481. The molecule has 0 bridgehead atoms. The van der Waals surface area contributed by atoms with Crippen molar-refractivity contribution < 1.29 is 0 Å². The molecule has 6 fully saturated rings. The Morgan fingerprint density at radius 1 is 0.456 bits per heavy atom. The van der Waals surface area contributed by atoms with Gasteiger partial charge in [-0.05, 0) is 128 Å². The van der Waals surface area contributed by atoms with Crippen molar-refractivity contribution in [1.29, 1.82) is 0 Å². The maximum atomic E-state index is 2.78. The molecule has 6 saturated heterocycles. The van der Waals surface area contributed by atoms with Crippen LogP contribution in [0.25, 0.3) is 11.1 Å². The first-order valence-corrected chi connectivity index (χ1v) is 23.6. The van der Waals surface area contributed by atoms with E-state index >= 15 is 0 Å². The van der Waals surface area contributed by atoms with Gasteiger partial charge >= 0.3 is 0 Å². The van der Waals surface area contributed by atoms with Crippen LogP contribution in [0, 0.1) is 57.2 Å². The van der Waals surface area contributed by atoms with Crippen LogP contribution in [0.5, 0.6) is 0 Å². The molecule has 12 unspecified atom stereocenters. The second-order valence-corrected chi connectivity index (χ2v) is 24.0. The van der Waals surface area contributed by atoms with Crippen LogP contribution in [0.2, 0.25) is 34.9 Å². The normalized spacial score (nSPS) is 42.6. The van der Waals surface area contributed by atoms with Gasteiger partial charge in [0.2, 0.25) is 0 Å². The SMILES string of the molecule is CC1(C)C2=CC=CC3CC4=CC=CC5C4B(C23)C2C(=CC(c3ccc(C4=CC6C7B8C9C(=CC=CC9CC9=CC=CC(C89)C(C)(C)C7=C4)C6(C)C)s3)=CC21)C5(C)C. The van der Waals surface area contributed by atoms with Crippen molar-refractivity contribution in [1.82, 2.24) is 0 Å². The molecule has 57 heavy (non-hydrogen) atoms. The van der Waals surface area contributed by atoms with E-state index in [1.165, 1.54) is 33.7 Å². The van der Waals surface area contributed by atoms with Gasteiger partial charge in [0, 0.05) is 9.75 Å². The van der Waals surface area contributed by atoms with Gasteiger partial charge < -0.3 is 0 Å². The monoisotopic (exact) mass is 760 g/mol. The summed E-state index contributed by atoms with van der Waals surface area (Å²) < 4.78 is 0. The Hall–Kier alpha value is -3.29. The van der Waals surface area contributed by atoms with Gasteiger partial charge in [0.05, 0.1) is 0 Å². The summed E-state index contributed by atoms with van der Waals surface area (Å²) in [5.41, 5.74) is 13.9. The highest BCUT2D eigenvalue weighted by molar-refractivity contribution is 7.14. The Balaban J connectivity index is 0.938. The molecule has 6 aliphatic heterocycles. The predicted octanol–water partition coefficient (Wildman–Crippen LogP) is 14.3. The summed E-state index contributed by atoms with van der Waals surface area (Å²) >= 11 is 2.07. The van der Waals surface area contributed by atoms with E-state index in [1.807, 2.05) is 0 Å². The van der Waals surface area contributed by atoms with E-state index in [0.717, 1.165) is 0 Å². The largest absolute Gasteiger partial charge is 0.165 e. The molecular weight excluding hydrogens is 702 g/mol. The quantitative estimate of drug-likeness (QED) is 0.263. The number of hydrogen-bond donors (Lipinski definition) is 0. The van der Waals surface area contributed by atoms with Gasteiger partial charge in [-0.2, -0.15) is 0 Å². The van der Waals surface area contributed by atoms with Crippen molar-refractivity contribution >= 4 is 35.9 Å². The van der Waals surface area contributed by atoms with E-state index in [9.17, 15) is 0 Å². The van der Waals surface area contributed by atoms with Gasteiger partial charge in [0.15, 0.2) is 13.4 Å². The molecule has 0 N–H and O–H groups in total. The third-order valence-electron chi connectivity index (χ3n) is 19.5. The van der Waals surface area contributed by atoms with E-state index in [1.54, 1.807) is 33.4 Å². The summed E-state index contributed by atoms with van der Waals surface area (Å²) in [6.45, 7) is 22.2. The summed E-state index contributed by atoms with van der Waals surface area (Å²) in [7, 11) is 0. The van der Waals surface area contributed by atoms with Gasteiger partial charge in [-0.25, -0.2) is 0 Å². The summed E-state index contributed by atoms with van der Waals surface area (Å²) in [4.78, 5) is 2.91. The van der Waals surface area contributed by atoms with Crippen LogP contribution in [0.3, 0.4) is 0 Å². The lowest BCUT2D eigenvalue weighted by molar-refractivity contribution is 0.201. The zero-order valence-corrected chi connectivity index (χ0v) is 36.1. The molecule has 3 heteroatoms. The fourth-order valence-corrected chi connectivity index (χ4v) is 18.1. The van der Waals surface area contributed by atoms with Crippen molar-refractivity contribution in [2.45, 2.75) is 103 Å². The second-order valence-electron chi connectivity index (χ2n) is 22.9. The van der Waals surface area contributed by atoms with Crippen LogP contribution in [0.4, 0.5) is 0 Å². The second kappa shape index (κ2) is 10.9. The van der Waals surface area contributed by atoms with Crippen LogP contribution < -0.4 is 0 Å². The summed E-state index contributed by atoms with van der Waals surface area (Å²) in [6, 6.07) is 5.00. The topological polar surface area (TPSA) is 0 Å². The predicted molar refractivity (Wildman–Crippen MR) is 245 cm³/mol. The molecule has 6 aliphatic carbocycles. The molecule has 0 amide bonds. The van der Waals surface area contributed by atoms with Crippen LogP contribution >= 0.6 is 11.3 Å². The first kappa shape index (κ1) is 34.6. The lowest BCUT2D eigenvalue weighted by Gasteiger charge is -2.66. The zero-order chi connectivity index (χ0) is 38.7. The first-order valence-electron chi connectivity index (χ1n) is 22.8. The molecule has 7 heterocycles. The molecule has 0 spiro atoms. The van der Waals surface area contributed by atoms with Crippen LogP contribution in [0.1, 0.15) is 78.0 Å². The molecule has 0 radical (unpaired) electrons. The average molecular weight is 761 g/mol. The van der Waals surface area contributed by atoms with Gasteiger partial charge in [0.1, 0.15) is 0 Å². The highest BCUT2D eigenvalue weighted by atomic mass is 32.1. The molecule has 12 atom stereocenters. The first-order chi connectivity index (χ1) is 27.3. The lowest BCUT2D eigenvalue weighted by atomic mass is 9.11. The average Bonchev–Trinajstić information content (AvgIpc) is 3.69. The fourth-order valence-electron chi connectivity index (χ4n) is 17.1. The Kier molecular flexibility index (Phi) is 6.61. The van der Waals surface area contributed by atoms with E-state index in [2.05, 4.69) is 176 Å². The highest BCUT2D eigenvalue weighted by Gasteiger charge is 2.68. The number of thiophene rings is 1. The smallest absolute Gasteiger partial charge is 0.135 e. The van der Waals surface area contributed by atoms with E-state index in [4.69, 9.17) is 0 Å². The molecule has 0 aromatic carbocycles. The molecule has 1 aromatic rings. The Morgan fingerprint density at radius 2 is 0.860 bits per heavy atom. The maximum absolute atomic E-state index is 2.78. The Labute approximate surface area is 347 Å². The maximum Gasteiger partial charge on any atom is 0.165 e. The van der Waals surface area contributed by atoms with Gasteiger partial charge in [-0.1, -0.05) is 186 Å². The molecule has 286 valence electrons. The molecule has 12 aliphatic rings. The molecule has 0 nitrogen and oxygen atoms in total. The zero-order valence-electron chi connectivity index (χ0n) is 35.3. The van der Waals surface area contributed by atoms with Crippen LogP contribution in [-0.4, -0.2) is 13.4 Å². The summed E-state index contributed by atoms with van der Waals surface area (Å²) in [5.74, 6) is 7.35. The number of allylic oxidation sites excluding steroid dienone is 24. The molecule has 0 saturated carbocycles.